The third kappa shape index (κ3) is 4.70. The van der Waals surface area contributed by atoms with E-state index in [1.54, 1.807) is 11.8 Å². The largest absolute Gasteiger partial charge is 0.297 e. The van der Waals surface area contributed by atoms with Crippen LogP contribution in [0.25, 0.3) is 0 Å². The summed E-state index contributed by atoms with van der Waals surface area (Å²) in [7, 11) is 0. The Kier molecular flexibility index (Phi) is 5.48. The molecule has 23 heavy (non-hydrogen) atoms. The Morgan fingerprint density at radius 3 is 2.26 bits per heavy atom. The van der Waals surface area contributed by atoms with Crippen molar-refractivity contribution in [2.75, 3.05) is 13.1 Å². The number of carbonyl (C=O) groups excluding carboxylic acids is 1. The molecule has 1 aliphatic rings. The van der Waals surface area contributed by atoms with Crippen molar-refractivity contribution in [1.82, 2.24) is 5.01 Å². The molecule has 0 unspecified atom stereocenters. The molecule has 1 saturated heterocycles. The predicted molar refractivity (Wildman–Crippen MR) is 95.3 cm³/mol. The molecule has 0 radical (unpaired) electrons. The normalized spacial score (nSPS) is 15.0. The molecule has 0 N–H and O–H groups in total. The van der Waals surface area contributed by atoms with E-state index in [9.17, 15) is 4.79 Å². The fourth-order valence-electron chi connectivity index (χ4n) is 2.51. The average Bonchev–Trinajstić information content (AvgIpc) is 2.62. The number of piperidine rings is 1. The lowest BCUT2D eigenvalue weighted by molar-refractivity contribution is 0.106. The summed E-state index contributed by atoms with van der Waals surface area (Å²) in [5.74, 6) is -0.0353. The average molecular weight is 324 g/mol. The molecule has 1 heterocycles. The quantitative estimate of drug-likeness (QED) is 0.600. The van der Waals surface area contributed by atoms with Crippen LogP contribution in [0, 0.1) is 0 Å². The molecule has 0 aliphatic carbocycles. The van der Waals surface area contributed by atoms with Gasteiger partial charge >= 0.3 is 0 Å². The monoisotopic (exact) mass is 324 g/mol. The van der Waals surface area contributed by atoms with Crippen LogP contribution in [-0.2, 0) is 0 Å². The molecule has 3 nitrogen and oxygen atoms in total. The van der Waals surface area contributed by atoms with Gasteiger partial charge in [-0.15, -0.1) is 0 Å². The van der Waals surface area contributed by atoms with Crippen LogP contribution >= 0.6 is 11.8 Å². The zero-order valence-electron chi connectivity index (χ0n) is 13.0. The zero-order valence-corrected chi connectivity index (χ0v) is 13.8. The van der Waals surface area contributed by atoms with E-state index in [4.69, 9.17) is 0 Å². The number of Topliss-reactive ketones (excluding diaryl/α,β-unsaturated/α-hetero) is 1. The Labute approximate surface area is 141 Å². The van der Waals surface area contributed by atoms with Crippen LogP contribution in [0.2, 0.25) is 0 Å². The molecule has 0 atom stereocenters. The second-order valence-electron chi connectivity index (χ2n) is 5.56. The zero-order chi connectivity index (χ0) is 15.9. The number of hydrogen-bond donors (Lipinski definition) is 0. The van der Waals surface area contributed by atoms with E-state index in [1.807, 2.05) is 47.5 Å². The fraction of sp³-hybridized carbons (Fsp3) is 0.263. The Morgan fingerprint density at radius 2 is 1.57 bits per heavy atom. The number of ketones is 1. The number of hydrazone groups is 1. The number of hydrogen-bond acceptors (Lipinski definition) is 4. The Morgan fingerprint density at radius 1 is 0.913 bits per heavy atom. The fourth-order valence-corrected chi connectivity index (χ4v) is 3.35. The van der Waals surface area contributed by atoms with E-state index in [0.717, 1.165) is 30.8 Å². The van der Waals surface area contributed by atoms with E-state index >= 15 is 0 Å². The summed E-state index contributed by atoms with van der Waals surface area (Å²) in [5, 5.41) is 6.29. The van der Waals surface area contributed by atoms with Crippen molar-refractivity contribution in [3.63, 3.8) is 0 Å². The summed E-state index contributed by atoms with van der Waals surface area (Å²) in [6.07, 6.45) is 5.04. The van der Waals surface area contributed by atoms with Crippen molar-refractivity contribution in [2.45, 2.75) is 29.1 Å². The number of benzene rings is 2. The van der Waals surface area contributed by atoms with Crippen molar-refractivity contribution in [1.29, 1.82) is 0 Å². The standard InChI is InChI=1S/C19H20N2OS/c22-19(15-20-21-13-5-2-6-14-21)16-9-11-18(12-10-16)23-17-7-3-1-4-8-17/h1,3-4,7-12,15H,2,5-6,13-14H2/b20-15+. The van der Waals surface area contributed by atoms with Crippen LogP contribution < -0.4 is 0 Å². The van der Waals surface area contributed by atoms with Gasteiger partial charge in [0.25, 0.3) is 0 Å². The molecule has 4 heteroatoms. The molecule has 2 aromatic rings. The van der Waals surface area contributed by atoms with E-state index in [0.29, 0.717) is 5.56 Å². The third-order valence-corrected chi connectivity index (χ3v) is 4.80. The summed E-state index contributed by atoms with van der Waals surface area (Å²) < 4.78 is 0. The maximum atomic E-state index is 12.2. The Bertz CT molecular complexity index is 662. The van der Waals surface area contributed by atoms with E-state index in [1.165, 1.54) is 17.5 Å². The summed E-state index contributed by atoms with van der Waals surface area (Å²) >= 11 is 1.69. The van der Waals surface area contributed by atoms with E-state index in [2.05, 4.69) is 17.2 Å². The van der Waals surface area contributed by atoms with Crippen LogP contribution in [0.1, 0.15) is 29.6 Å². The van der Waals surface area contributed by atoms with Gasteiger partial charge in [0.05, 0.1) is 6.21 Å². The van der Waals surface area contributed by atoms with Crippen LogP contribution in [0.4, 0.5) is 0 Å². The topological polar surface area (TPSA) is 32.7 Å². The second kappa shape index (κ2) is 7.97. The van der Waals surface area contributed by atoms with Gasteiger partial charge in [0.2, 0.25) is 5.78 Å². The molecule has 118 valence electrons. The van der Waals surface area contributed by atoms with Gasteiger partial charge < -0.3 is 0 Å². The van der Waals surface area contributed by atoms with Crippen LogP contribution in [0.5, 0.6) is 0 Å². The molecule has 0 amide bonds. The maximum Gasteiger partial charge on any atom is 0.205 e. The van der Waals surface area contributed by atoms with Crippen molar-refractivity contribution >= 4 is 23.8 Å². The molecule has 0 saturated carbocycles. The highest BCUT2D eigenvalue weighted by atomic mass is 32.2. The number of nitrogens with zero attached hydrogens (tertiary/aromatic N) is 2. The molecule has 0 spiro atoms. The third-order valence-electron chi connectivity index (χ3n) is 3.79. The van der Waals surface area contributed by atoms with Gasteiger partial charge in [0, 0.05) is 28.4 Å². The van der Waals surface area contributed by atoms with Crippen LogP contribution in [0.15, 0.2) is 69.5 Å². The van der Waals surface area contributed by atoms with Gasteiger partial charge in [0.15, 0.2) is 0 Å². The highest BCUT2D eigenvalue weighted by Gasteiger charge is 2.08. The minimum absolute atomic E-state index is 0.0353. The smallest absolute Gasteiger partial charge is 0.205 e. The van der Waals surface area contributed by atoms with Crippen molar-refractivity contribution in [3.8, 4) is 0 Å². The molecular weight excluding hydrogens is 304 g/mol. The molecule has 1 fully saturated rings. The van der Waals surface area contributed by atoms with Gasteiger partial charge in [-0.2, -0.15) is 5.10 Å². The van der Waals surface area contributed by atoms with Gasteiger partial charge in [-0.3, -0.25) is 9.80 Å². The lowest BCUT2D eigenvalue weighted by Crippen LogP contribution is -2.25. The van der Waals surface area contributed by atoms with Gasteiger partial charge in [-0.05, 0) is 55.7 Å². The first-order valence-corrected chi connectivity index (χ1v) is 8.79. The Balaban J connectivity index is 1.60. The first-order chi connectivity index (χ1) is 11.3. The molecule has 0 aromatic heterocycles. The van der Waals surface area contributed by atoms with Crippen molar-refractivity contribution < 1.29 is 4.79 Å². The first kappa shape index (κ1) is 15.8. The van der Waals surface area contributed by atoms with Gasteiger partial charge in [-0.1, -0.05) is 30.0 Å². The van der Waals surface area contributed by atoms with Gasteiger partial charge in [-0.25, -0.2) is 0 Å². The van der Waals surface area contributed by atoms with Crippen LogP contribution in [0.3, 0.4) is 0 Å². The minimum atomic E-state index is -0.0353. The van der Waals surface area contributed by atoms with Crippen molar-refractivity contribution in [2.24, 2.45) is 5.10 Å². The molecule has 3 rings (SSSR count). The summed E-state index contributed by atoms with van der Waals surface area (Å²) in [6, 6.07) is 17.9. The lowest BCUT2D eigenvalue weighted by Gasteiger charge is -2.22. The number of rotatable bonds is 5. The summed E-state index contributed by atoms with van der Waals surface area (Å²) in [5.41, 5.74) is 0.683. The Hall–Kier alpha value is -2.07. The molecule has 1 aliphatic heterocycles. The number of carbonyl (C=O) groups is 1. The first-order valence-electron chi connectivity index (χ1n) is 7.97. The van der Waals surface area contributed by atoms with Gasteiger partial charge in [0.1, 0.15) is 0 Å². The maximum absolute atomic E-state index is 12.2. The van der Waals surface area contributed by atoms with E-state index < -0.39 is 0 Å². The molecule has 0 bridgehead atoms. The molecule has 2 aromatic carbocycles. The van der Waals surface area contributed by atoms with Crippen LogP contribution in [-0.4, -0.2) is 30.1 Å². The predicted octanol–water partition coefficient (Wildman–Crippen LogP) is 4.49. The lowest BCUT2D eigenvalue weighted by atomic mass is 10.1. The summed E-state index contributed by atoms with van der Waals surface area (Å²) in [6.45, 7) is 1.91. The minimum Gasteiger partial charge on any atom is -0.297 e. The molecular formula is C19H20N2OS. The summed E-state index contributed by atoms with van der Waals surface area (Å²) in [4.78, 5) is 14.5. The second-order valence-corrected chi connectivity index (χ2v) is 6.71. The van der Waals surface area contributed by atoms with Crippen molar-refractivity contribution in [3.05, 3.63) is 60.2 Å². The van der Waals surface area contributed by atoms with E-state index in [-0.39, 0.29) is 5.78 Å². The highest BCUT2D eigenvalue weighted by Crippen LogP contribution is 2.27. The highest BCUT2D eigenvalue weighted by molar-refractivity contribution is 7.99. The SMILES string of the molecule is O=C(/C=N/N1CCCCC1)c1ccc(Sc2ccccc2)cc1.